The fraction of sp³-hybridized carbons (Fsp3) is 0.714. The quantitative estimate of drug-likeness (QED) is 0.791. The zero-order chi connectivity index (χ0) is 13.7. The summed E-state index contributed by atoms with van der Waals surface area (Å²) in [6.45, 7) is 3.06. The van der Waals surface area contributed by atoms with Gasteiger partial charge in [-0.2, -0.15) is 11.8 Å². The molecule has 0 aliphatic heterocycles. The topological polar surface area (TPSA) is 41.1 Å². The maximum atomic E-state index is 4.54. The third kappa shape index (κ3) is 4.35. The van der Waals surface area contributed by atoms with E-state index in [1.165, 1.54) is 12.8 Å². The van der Waals surface area contributed by atoms with Crippen molar-refractivity contribution in [1.82, 2.24) is 15.3 Å². The summed E-state index contributed by atoms with van der Waals surface area (Å²) in [5.74, 6) is 2.09. The summed E-state index contributed by atoms with van der Waals surface area (Å²) < 4.78 is 0. The Bertz CT molecular complexity index is 378. The van der Waals surface area contributed by atoms with E-state index in [2.05, 4.69) is 40.4 Å². The zero-order valence-corrected chi connectivity index (χ0v) is 12.9. The number of thioether (sulfide) groups is 1. The Morgan fingerprint density at radius 1 is 1.42 bits per heavy atom. The number of nitrogens with one attached hydrogen (secondary N) is 1. The molecule has 1 aromatic heterocycles. The lowest BCUT2D eigenvalue weighted by atomic mass is 10.2. The first-order valence-electron chi connectivity index (χ1n) is 7.00. The molecule has 5 heteroatoms. The smallest absolute Gasteiger partial charge is 0.147 e. The molecule has 0 spiro atoms. The van der Waals surface area contributed by atoms with E-state index in [1.807, 2.05) is 24.2 Å². The number of rotatable bonds is 8. The second kappa shape index (κ2) is 7.10. The maximum absolute atomic E-state index is 4.54. The largest absolute Gasteiger partial charge is 0.355 e. The summed E-state index contributed by atoms with van der Waals surface area (Å²) in [6.07, 6.45) is 9.68. The molecular weight excluding hydrogens is 256 g/mol. The van der Waals surface area contributed by atoms with Crippen LogP contribution < -0.4 is 10.2 Å². The van der Waals surface area contributed by atoms with Gasteiger partial charge in [0.05, 0.1) is 18.1 Å². The lowest BCUT2D eigenvalue weighted by Crippen LogP contribution is -2.33. The van der Waals surface area contributed by atoms with Crippen molar-refractivity contribution in [3.63, 3.8) is 0 Å². The van der Waals surface area contributed by atoms with Crippen LogP contribution in [0.1, 0.15) is 31.9 Å². The molecule has 0 saturated heterocycles. The van der Waals surface area contributed by atoms with Gasteiger partial charge in [-0.3, -0.25) is 4.98 Å². The van der Waals surface area contributed by atoms with E-state index in [0.29, 0.717) is 6.04 Å². The molecule has 1 heterocycles. The first-order chi connectivity index (χ1) is 9.24. The maximum Gasteiger partial charge on any atom is 0.147 e. The van der Waals surface area contributed by atoms with Gasteiger partial charge < -0.3 is 10.2 Å². The van der Waals surface area contributed by atoms with Gasteiger partial charge in [-0.1, -0.05) is 6.92 Å². The third-order valence-corrected chi connectivity index (χ3v) is 4.30. The summed E-state index contributed by atoms with van der Waals surface area (Å²) >= 11 is 1.88. The fourth-order valence-corrected chi connectivity index (χ4v) is 2.88. The molecule has 19 heavy (non-hydrogen) atoms. The molecular formula is C14H24N4S. The number of hydrogen-bond acceptors (Lipinski definition) is 5. The van der Waals surface area contributed by atoms with Gasteiger partial charge in [0.25, 0.3) is 0 Å². The van der Waals surface area contributed by atoms with E-state index in [4.69, 9.17) is 0 Å². The Morgan fingerprint density at radius 3 is 2.74 bits per heavy atom. The second-order valence-electron chi connectivity index (χ2n) is 5.15. The number of aromatic nitrogens is 2. The van der Waals surface area contributed by atoms with E-state index < -0.39 is 0 Å². The van der Waals surface area contributed by atoms with E-state index >= 15 is 0 Å². The molecule has 1 aromatic rings. The SMILES string of the molecule is CCC(CSC)N(C)c1cnc(CNC2CC2)cn1. The van der Waals surface area contributed by atoms with Gasteiger partial charge in [-0.15, -0.1) is 0 Å². The standard InChI is InChI=1S/C14H24N4S/c1-4-13(10-19-3)18(2)14-9-16-12(8-17-14)7-15-11-5-6-11/h8-9,11,13,15H,4-7,10H2,1-3H3. The molecule has 1 N–H and O–H groups in total. The van der Waals surface area contributed by atoms with Crippen LogP contribution in [0.5, 0.6) is 0 Å². The van der Waals surface area contributed by atoms with Crippen LogP contribution in [0.4, 0.5) is 5.82 Å². The molecule has 1 aliphatic rings. The van der Waals surface area contributed by atoms with E-state index in [1.54, 1.807) is 0 Å². The van der Waals surface area contributed by atoms with Crippen molar-refractivity contribution in [3.05, 3.63) is 18.1 Å². The zero-order valence-electron chi connectivity index (χ0n) is 12.1. The highest BCUT2D eigenvalue weighted by Crippen LogP contribution is 2.19. The molecule has 0 radical (unpaired) electrons. The Labute approximate surface area is 120 Å². The third-order valence-electron chi connectivity index (χ3n) is 3.58. The van der Waals surface area contributed by atoms with Crippen LogP contribution in [0.3, 0.4) is 0 Å². The van der Waals surface area contributed by atoms with Crippen LogP contribution in [0.15, 0.2) is 12.4 Å². The first-order valence-corrected chi connectivity index (χ1v) is 8.40. The van der Waals surface area contributed by atoms with Crippen molar-refractivity contribution in [3.8, 4) is 0 Å². The van der Waals surface area contributed by atoms with Crippen molar-refractivity contribution in [1.29, 1.82) is 0 Å². The minimum Gasteiger partial charge on any atom is -0.355 e. The molecule has 1 saturated carbocycles. The molecule has 1 unspecified atom stereocenters. The molecule has 1 fully saturated rings. The predicted molar refractivity (Wildman–Crippen MR) is 82.8 cm³/mol. The molecule has 1 atom stereocenters. The van der Waals surface area contributed by atoms with Gasteiger partial charge in [0.2, 0.25) is 0 Å². The molecule has 0 amide bonds. The lowest BCUT2D eigenvalue weighted by molar-refractivity contribution is 0.655. The van der Waals surface area contributed by atoms with Crippen LogP contribution in [0.2, 0.25) is 0 Å². The highest BCUT2D eigenvalue weighted by molar-refractivity contribution is 7.98. The normalized spacial score (nSPS) is 16.4. The van der Waals surface area contributed by atoms with Gasteiger partial charge in [0.1, 0.15) is 5.82 Å². The Kier molecular flexibility index (Phi) is 5.45. The Hall–Kier alpha value is -0.810. The van der Waals surface area contributed by atoms with Crippen molar-refractivity contribution in [2.75, 3.05) is 24.0 Å². The summed E-state index contributed by atoms with van der Waals surface area (Å²) in [5.41, 5.74) is 1.03. The van der Waals surface area contributed by atoms with Gasteiger partial charge in [-0.05, 0) is 25.5 Å². The van der Waals surface area contributed by atoms with Gasteiger partial charge in [0, 0.05) is 31.4 Å². The van der Waals surface area contributed by atoms with Crippen molar-refractivity contribution in [2.24, 2.45) is 0 Å². The van der Waals surface area contributed by atoms with Crippen molar-refractivity contribution in [2.45, 2.75) is 44.8 Å². The predicted octanol–water partition coefficient (Wildman–Crippen LogP) is 2.31. The molecule has 106 valence electrons. The summed E-state index contributed by atoms with van der Waals surface area (Å²) in [4.78, 5) is 11.3. The molecule has 1 aliphatic carbocycles. The Morgan fingerprint density at radius 2 is 2.21 bits per heavy atom. The molecule has 2 rings (SSSR count). The summed E-state index contributed by atoms with van der Waals surface area (Å²) in [5, 5.41) is 3.46. The average Bonchev–Trinajstić information content (AvgIpc) is 3.26. The lowest BCUT2D eigenvalue weighted by Gasteiger charge is -2.27. The summed E-state index contributed by atoms with van der Waals surface area (Å²) in [6, 6.07) is 1.25. The second-order valence-corrected chi connectivity index (χ2v) is 6.06. The van der Waals surface area contributed by atoms with E-state index in [-0.39, 0.29) is 0 Å². The van der Waals surface area contributed by atoms with Crippen LogP contribution in [0.25, 0.3) is 0 Å². The Balaban J connectivity index is 1.91. The minimum atomic E-state index is 0.528. The van der Waals surface area contributed by atoms with E-state index in [9.17, 15) is 0 Å². The fourth-order valence-electron chi connectivity index (χ4n) is 2.04. The van der Waals surface area contributed by atoms with Gasteiger partial charge in [-0.25, -0.2) is 4.98 Å². The van der Waals surface area contributed by atoms with Crippen LogP contribution >= 0.6 is 11.8 Å². The highest BCUT2D eigenvalue weighted by Gasteiger charge is 2.20. The van der Waals surface area contributed by atoms with Gasteiger partial charge in [0.15, 0.2) is 0 Å². The van der Waals surface area contributed by atoms with Gasteiger partial charge >= 0.3 is 0 Å². The minimum absolute atomic E-state index is 0.528. The summed E-state index contributed by atoms with van der Waals surface area (Å²) in [7, 11) is 2.11. The average molecular weight is 280 g/mol. The number of nitrogens with zero attached hydrogens (tertiary/aromatic N) is 3. The van der Waals surface area contributed by atoms with Crippen LogP contribution in [-0.4, -0.2) is 41.1 Å². The number of anilines is 1. The molecule has 0 aromatic carbocycles. The van der Waals surface area contributed by atoms with Crippen LogP contribution in [-0.2, 0) is 6.54 Å². The molecule has 4 nitrogen and oxygen atoms in total. The van der Waals surface area contributed by atoms with Crippen molar-refractivity contribution < 1.29 is 0 Å². The van der Waals surface area contributed by atoms with Crippen LogP contribution in [0, 0.1) is 0 Å². The van der Waals surface area contributed by atoms with Crippen molar-refractivity contribution >= 4 is 17.6 Å². The molecule has 0 bridgehead atoms. The highest BCUT2D eigenvalue weighted by atomic mass is 32.2. The monoisotopic (exact) mass is 280 g/mol. The van der Waals surface area contributed by atoms with E-state index in [0.717, 1.165) is 36.3 Å². The first kappa shape index (κ1) is 14.6. The number of hydrogen-bond donors (Lipinski definition) is 1.